The highest BCUT2D eigenvalue weighted by atomic mass is 31.1. The van der Waals surface area contributed by atoms with Crippen molar-refractivity contribution in [3.8, 4) is 0 Å². The van der Waals surface area contributed by atoms with E-state index in [9.17, 15) is 0 Å². The van der Waals surface area contributed by atoms with Crippen molar-refractivity contribution >= 4 is 24.4 Å². The summed E-state index contributed by atoms with van der Waals surface area (Å²) in [6.07, 6.45) is 3.73. The van der Waals surface area contributed by atoms with E-state index in [-0.39, 0.29) is 12.1 Å². The molecule has 0 saturated heterocycles. The van der Waals surface area contributed by atoms with E-state index in [4.69, 9.17) is 4.99 Å². The first-order chi connectivity index (χ1) is 17.4. The van der Waals surface area contributed by atoms with E-state index >= 15 is 0 Å². The predicted octanol–water partition coefficient (Wildman–Crippen LogP) is 6.77. The number of hydrogen-bond donors (Lipinski definition) is 1. The molecule has 3 heteroatoms. The van der Waals surface area contributed by atoms with Gasteiger partial charge in [0.2, 0.25) is 0 Å². The Labute approximate surface area is 209 Å². The second-order valence-corrected chi connectivity index (χ2v) is 12.0. The van der Waals surface area contributed by atoms with Crippen molar-refractivity contribution in [1.82, 2.24) is 5.32 Å². The molecule has 1 unspecified atom stereocenters. The van der Waals surface area contributed by atoms with Gasteiger partial charge in [-0.15, -0.1) is 0 Å². The SMILES string of the molecule is c1ccc([C@H]2N=C(C3CCC[C@@H]3P(c3ccccc3)c3ccccc3)N[C@@H]2c2ccccc2)cc1. The summed E-state index contributed by atoms with van der Waals surface area (Å²) in [6.45, 7) is 0. The van der Waals surface area contributed by atoms with Crippen molar-refractivity contribution in [1.29, 1.82) is 0 Å². The van der Waals surface area contributed by atoms with Gasteiger partial charge in [-0.3, -0.25) is 4.99 Å². The Hall–Kier alpha value is -3.22. The minimum atomic E-state index is -0.465. The minimum Gasteiger partial charge on any atom is -0.364 e. The van der Waals surface area contributed by atoms with Crippen LogP contribution in [0.2, 0.25) is 0 Å². The monoisotopic (exact) mass is 474 g/mol. The zero-order valence-electron chi connectivity index (χ0n) is 19.9. The normalized spacial score (nSPS) is 23.7. The Kier molecular flexibility index (Phi) is 6.47. The van der Waals surface area contributed by atoms with Gasteiger partial charge in [-0.25, -0.2) is 0 Å². The first-order valence-electron chi connectivity index (χ1n) is 12.7. The Morgan fingerprint density at radius 3 is 1.69 bits per heavy atom. The fourth-order valence-electron chi connectivity index (χ4n) is 5.82. The molecule has 4 aromatic rings. The van der Waals surface area contributed by atoms with Gasteiger partial charge < -0.3 is 5.32 Å². The van der Waals surface area contributed by atoms with Gasteiger partial charge in [-0.2, -0.15) is 0 Å². The van der Waals surface area contributed by atoms with E-state index in [0.29, 0.717) is 11.6 Å². The van der Waals surface area contributed by atoms with Gasteiger partial charge >= 0.3 is 0 Å². The maximum atomic E-state index is 5.43. The summed E-state index contributed by atoms with van der Waals surface area (Å²) in [5, 5.41) is 6.90. The van der Waals surface area contributed by atoms with Crippen LogP contribution in [0.4, 0.5) is 0 Å². The van der Waals surface area contributed by atoms with Crippen molar-refractivity contribution in [3.63, 3.8) is 0 Å². The summed E-state index contributed by atoms with van der Waals surface area (Å²) in [7, 11) is -0.465. The van der Waals surface area contributed by atoms with Crippen molar-refractivity contribution in [2.75, 3.05) is 0 Å². The molecule has 1 saturated carbocycles. The second kappa shape index (κ2) is 10.2. The number of benzene rings is 4. The van der Waals surface area contributed by atoms with Crippen molar-refractivity contribution < 1.29 is 0 Å². The van der Waals surface area contributed by atoms with Gasteiger partial charge in [-0.1, -0.05) is 128 Å². The van der Waals surface area contributed by atoms with Crippen LogP contribution in [-0.4, -0.2) is 11.5 Å². The number of aliphatic imine (C=N–C) groups is 1. The number of rotatable bonds is 6. The van der Waals surface area contributed by atoms with Crippen LogP contribution in [0, 0.1) is 5.92 Å². The van der Waals surface area contributed by atoms with Gasteiger partial charge in [0.1, 0.15) is 11.9 Å². The molecule has 1 heterocycles. The standard InChI is InChI=1S/C32H31N2P/c1-5-14-24(15-6-1)30-31(25-16-7-2-8-17-25)34-32(33-30)28-22-13-23-29(28)35(26-18-9-3-10-19-26)27-20-11-4-12-21-27/h1-12,14-21,28-31H,13,22-23H2,(H,33,34)/t28?,29-,30+,31+/m0/s1. The summed E-state index contributed by atoms with van der Waals surface area (Å²) < 4.78 is 0. The third kappa shape index (κ3) is 4.56. The smallest absolute Gasteiger partial charge is 0.101 e. The zero-order valence-corrected chi connectivity index (χ0v) is 20.8. The highest BCUT2D eigenvalue weighted by Gasteiger charge is 2.42. The molecule has 0 bridgehead atoms. The quantitative estimate of drug-likeness (QED) is 0.306. The Morgan fingerprint density at radius 1 is 0.600 bits per heavy atom. The van der Waals surface area contributed by atoms with Crippen LogP contribution in [0.3, 0.4) is 0 Å². The molecule has 1 fully saturated rings. The summed E-state index contributed by atoms with van der Waals surface area (Å²) in [5.41, 5.74) is 3.18. The lowest BCUT2D eigenvalue weighted by Gasteiger charge is -2.30. The highest BCUT2D eigenvalue weighted by molar-refractivity contribution is 7.73. The molecule has 35 heavy (non-hydrogen) atoms. The summed E-state index contributed by atoms with van der Waals surface area (Å²) in [6, 6.07) is 44.3. The molecule has 1 aliphatic heterocycles. The van der Waals surface area contributed by atoms with Gasteiger partial charge in [-0.05, 0) is 48.2 Å². The molecule has 6 rings (SSSR count). The number of hydrogen-bond acceptors (Lipinski definition) is 2. The predicted molar refractivity (Wildman–Crippen MR) is 149 cm³/mol. The zero-order chi connectivity index (χ0) is 23.5. The van der Waals surface area contributed by atoms with Gasteiger partial charge in [0.25, 0.3) is 0 Å². The Bertz CT molecular complexity index is 1220. The van der Waals surface area contributed by atoms with Crippen LogP contribution >= 0.6 is 7.92 Å². The van der Waals surface area contributed by atoms with Crippen molar-refractivity contribution in [3.05, 3.63) is 132 Å². The van der Waals surface area contributed by atoms with Crippen LogP contribution in [0.1, 0.15) is 42.5 Å². The molecule has 0 aromatic heterocycles. The third-order valence-electron chi connectivity index (χ3n) is 7.43. The molecular formula is C32H31N2P. The van der Waals surface area contributed by atoms with Crippen LogP contribution in [0.5, 0.6) is 0 Å². The van der Waals surface area contributed by atoms with E-state index in [2.05, 4.69) is 127 Å². The van der Waals surface area contributed by atoms with Crippen LogP contribution in [0.15, 0.2) is 126 Å². The fourth-order valence-corrected chi connectivity index (χ4v) is 8.97. The van der Waals surface area contributed by atoms with Gasteiger partial charge in [0, 0.05) is 5.92 Å². The lowest BCUT2D eigenvalue weighted by atomic mass is 9.95. The fraction of sp³-hybridized carbons (Fsp3) is 0.219. The molecule has 174 valence electrons. The number of nitrogens with zero attached hydrogens (tertiary/aromatic N) is 1. The molecule has 0 radical (unpaired) electrons. The number of amidine groups is 1. The minimum absolute atomic E-state index is 0.106. The molecule has 1 aliphatic carbocycles. The van der Waals surface area contributed by atoms with Gasteiger partial charge in [0.05, 0.1) is 6.04 Å². The van der Waals surface area contributed by atoms with Crippen molar-refractivity contribution in [2.24, 2.45) is 10.9 Å². The first-order valence-corrected chi connectivity index (χ1v) is 14.1. The first kappa shape index (κ1) is 22.3. The topological polar surface area (TPSA) is 24.4 Å². The van der Waals surface area contributed by atoms with E-state index in [0.717, 1.165) is 0 Å². The molecule has 4 atom stereocenters. The third-order valence-corrected chi connectivity index (χ3v) is 10.4. The van der Waals surface area contributed by atoms with E-state index < -0.39 is 7.92 Å². The lowest BCUT2D eigenvalue weighted by molar-refractivity contribution is 0.567. The van der Waals surface area contributed by atoms with Crippen LogP contribution in [-0.2, 0) is 0 Å². The van der Waals surface area contributed by atoms with E-state index in [1.807, 2.05) is 0 Å². The molecule has 2 nitrogen and oxygen atoms in total. The largest absolute Gasteiger partial charge is 0.364 e. The summed E-state index contributed by atoms with van der Waals surface area (Å²) in [4.78, 5) is 5.43. The molecule has 0 amide bonds. The van der Waals surface area contributed by atoms with Crippen LogP contribution < -0.4 is 15.9 Å². The Morgan fingerprint density at radius 2 is 1.11 bits per heavy atom. The molecular weight excluding hydrogens is 443 g/mol. The van der Waals surface area contributed by atoms with E-state index in [1.54, 1.807) is 0 Å². The summed E-state index contributed by atoms with van der Waals surface area (Å²) in [5.74, 6) is 1.68. The number of nitrogens with one attached hydrogen (secondary N) is 1. The molecule has 2 aliphatic rings. The molecule has 0 spiro atoms. The lowest BCUT2D eigenvalue weighted by Crippen LogP contribution is -2.35. The maximum absolute atomic E-state index is 5.43. The van der Waals surface area contributed by atoms with E-state index in [1.165, 1.54) is 46.8 Å². The van der Waals surface area contributed by atoms with Crippen molar-refractivity contribution in [2.45, 2.75) is 37.0 Å². The summed E-state index contributed by atoms with van der Waals surface area (Å²) >= 11 is 0. The van der Waals surface area contributed by atoms with Crippen LogP contribution in [0.25, 0.3) is 0 Å². The second-order valence-electron chi connectivity index (χ2n) is 9.55. The average molecular weight is 475 g/mol. The maximum Gasteiger partial charge on any atom is 0.101 e. The molecule has 1 N–H and O–H groups in total. The van der Waals surface area contributed by atoms with Gasteiger partial charge in [0.15, 0.2) is 0 Å². The molecule has 4 aromatic carbocycles. The average Bonchev–Trinajstić information content (AvgIpc) is 3.59. The highest BCUT2D eigenvalue weighted by Crippen LogP contribution is 2.51. The Balaban J connectivity index is 1.38.